The highest BCUT2D eigenvalue weighted by molar-refractivity contribution is 6.29. The lowest BCUT2D eigenvalue weighted by molar-refractivity contribution is 0.261. The van der Waals surface area contributed by atoms with Crippen LogP contribution in [0.15, 0.2) is 18.3 Å². The number of aliphatic hydroxyl groups excluding tert-OH is 1. The molecule has 4 heteroatoms. The number of hydrogen-bond donors (Lipinski definition) is 1. The van der Waals surface area contributed by atoms with Gasteiger partial charge in [-0.1, -0.05) is 17.7 Å². The summed E-state index contributed by atoms with van der Waals surface area (Å²) < 4.78 is 0. The normalized spacial score (nSPS) is 10.9. The molecule has 1 aromatic rings. The van der Waals surface area contributed by atoms with Gasteiger partial charge in [-0.05, 0) is 38.1 Å². The second kappa shape index (κ2) is 6.77. The first-order valence-electron chi connectivity index (χ1n) is 5.12. The van der Waals surface area contributed by atoms with E-state index in [4.69, 9.17) is 16.7 Å². The molecule has 1 aromatic heterocycles. The van der Waals surface area contributed by atoms with Crippen molar-refractivity contribution in [3.63, 3.8) is 0 Å². The summed E-state index contributed by atoms with van der Waals surface area (Å²) in [5.74, 6) is 0. The van der Waals surface area contributed by atoms with E-state index in [1.807, 2.05) is 6.07 Å². The highest BCUT2D eigenvalue weighted by Crippen LogP contribution is 2.07. The predicted molar refractivity (Wildman–Crippen MR) is 61.9 cm³/mol. The van der Waals surface area contributed by atoms with Gasteiger partial charge in [0.25, 0.3) is 0 Å². The van der Waals surface area contributed by atoms with Gasteiger partial charge in [0.2, 0.25) is 0 Å². The van der Waals surface area contributed by atoms with E-state index in [2.05, 4.69) is 16.9 Å². The summed E-state index contributed by atoms with van der Waals surface area (Å²) in [4.78, 5) is 6.24. The average Bonchev–Trinajstić information content (AvgIpc) is 2.22. The lowest BCUT2D eigenvalue weighted by Crippen LogP contribution is -2.19. The first-order valence-corrected chi connectivity index (χ1v) is 5.50. The maximum Gasteiger partial charge on any atom is 0.129 e. The Morgan fingerprint density at radius 1 is 1.40 bits per heavy atom. The Morgan fingerprint density at radius 2 is 2.20 bits per heavy atom. The van der Waals surface area contributed by atoms with Gasteiger partial charge in [-0.15, -0.1) is 0 Å². The summed E-state index contributed by atoms with van der Waals surface area (Å²) in [7, 11) is 2.06. The van der Waals surface area contributed by atoms with E-state index in [0.29, 0.717) is 5.15 Å². The van der Waals surface area contributed by atoms with Gasteiger partial charge in [0, 0.05) is 19.3 Å². The van der Waals surface area contributed by atoms with Crippen LogP contribution in [0.5, 0.6) is 0 Å². The highest BCUT2D eigenvalue weighted by atomic mass is 35.5. The second-order valence-electron chi connectivity index (χ2n) is 3.66. The van der Waals surface area contributed by atoms with Crippen LogP contribution in [-0.2, 0) is 6.54 Å². The minimum Gasteiger partial charge on any atom is -0.396 e. The third-order valence-electron chi connectivity index (χ3n) is 2.19. The average molecular weight is 229 g/mol. The van der Waals surface area contributed by atoms with Crippen molar-refractivity contribution < 1.29 is 5.11 Å². The Labute approximate surface area is 95.7 Å². The molecule has 0 saturated heterocycles. The molecule has 15 heavy (non-hydrogen) atoms. The van der Waals surface area contributed by atoms with Gasteiger partial charge in [-0.3, -0.25) is 0 Å². The van der Waals surface area contributed by atoms with E-state index in [9.17, 15) is 0 Å². The number of unbranched alkanes of at least 4 members (excludes halogenated alkanes) is 1. The number of rotatable bonds is 6. The van der Waals surface area contributed by atoms with Crippen molar-refractivity contribution in [3.05, 3.63) is 29.0 Å². The Hall–Kier alpha value is -0.640. The van der Waals surface area contributed by atoms with E-state index >= 15 is 0 Å². The van der Waals surface area contributed by atoms with E-state index < -0.39 is 0 Å². The Morgan fingerprint density at radius 3 is 2.80 bits per heavy atom. The van der Waals surface area contributed by atoms with Crippen LogP contribution in [0.4, 0.5) is 0 Å². The minimum atomic E-state index is 0.274. The third kappa shape index (κ3) is 5.11. The molecule has 0 spiro atoms. The van der Waals surface area contributed by atoms with E-state index in [1.54, 1.807) is 12.3 Å². The van der Waals surface area contributed by atoms with Gasteiger partial charge >= 0.3 is 0 Å². The largest absolute Gasteiger partial charge is 0.396 e. The third-order valence-corrected chi connectivity index (χ3v) is 2.41. The van der Waals surface area contributed by atoms with Gasteiger partial charge in [-0.25, -0.2) is 4.98 Å². The van der Waals surface area contributed by atoms with Crippen molar-refractivity contribution in [2.75, 3.05) is 20.2 Å². The van der Waals surface area contributed by atoms with Gasteiger partial charge in [0.05, 0.1) is 0 Å². The molecule has 0 aliphatic carbocycles. The Kier molecular flexibility index (Phi) is 5.61. The quantitative estimate of drug-likeness (QED) is 0.597. The van der Waals surface area contributed by atoms with Crippen molar-refractivity contribution in [1.82, 2.24) is 9.88 Å². The van der Waals surface area contributed by atoms with Crippen LogP contribution in [-0.4, -0.2) is 35.2 Å². The molecule has 0 saturated carbocycles. The number of halogens is 1. The molecular weight excluding hydrogens is 212 g/mol. The molecule has 0 fully saturated rings. The summed E-state index contributed by atoms with van der Waals surface area (Å²) >= 11 is 5.70. The van der Waals surface area contributed by atoms with Gasteiger partial charge in [0.15, 0.2) is 0 Å². The minimum absolute atomic E-state index is 0.274. The SMILES string of the molecule is CN(CCCCO)Cc1ccc(Cl)nc1. The number of hydrogen-bond acceptors (Lipinski definition) is 3. The Balaban J connectivity index is 2.31. The molecule has 1 N–H and O–H groups in total. The molecule has 0 unspecified atom stereocenters. The maximum atomic E-state index is 8.66. The zero-order valence-electron chi connectivity index (χ0n) is 8.99. The van der Waals surface area contributed by atoms with Crippen molar-refractivity contribution in [2.24, 2.45) is 0 Å². The van der Waals surface area contributed by atoms with E-state index in [-0.39, 0.29) is 6.61 Å². The van der Waals surface area contributed by atoms with Gasteiger partial charge in [0.1, 0.15) is 5.15 Å². The zero-order chi connectivity index (χ0) is 11.1. The first kappa shape index (κ1) is 12.4. The van der Waals surface area contributed by atoms with Crippen molar-refractivity contribution in [1.29, 1.82) is 0 Å². The fourth-order valence-electron chi connectivity index (χ4n) is 1.38. The summed E-state index contributed by atoms with van der Waals surface area (Å²) in [6, 6.07) is 3.79. The predicted octanol–water partition coefficient (Wildman–Crippen LogP) is 1.94. The fraction of sp³-hybridized carbons (Fsp3) is 0.545. The van der Waals surface area contributed by atoms with E-state index in [1.165, 1.54) is 0 Å². The second-order valence-corrected chi connectivity index (χ2v) is 4.04. The number of aromatic nitrogens is 1. The lowest BCUT2D eigenvalue weighted by atomic mass is 10.2. The van der Waals surface area contributed by atoms with Gasteiger partial charge < -0.3 is 10.0 Å². The van der Waals surface area contributed by atoms with Crippen molar-refractivity contribution >= 4 is 11.6 Å². The molecular formula is C11H17ClN2O. The standard InChI is InChI=1S/C11H17ClN2O/c1-14(6-2-3-7-15)9-10-4-5-11(12)13-8-10/h4-5,8,15H,2-3,6-7,9H2,1H3. The maximum absolute atomic E-state index is 8.66. The van der Waals surface area contributed by atoms with E-state index in [0.717, 1.165) is 31.5 Å². The highest BCUT2D eigenvalue weighted by Gasteiger charge is 2.00. The van der Waals surface area contributed by atoms with Crippen LogP contribution < -0.4 is 0 Å². The monoisotopic (exact) mass is 228 g/mol. The molecule has 84 valence electrons. The summed E-state index contributed by atoms with van der Waals surface area (Å²) in [6.07, 6.45) is 3.68. The molecule has 0 aliphatic rings. The Bertz CT molecular complexity index is 276. The van der Waals surface area contributed by atoms with Crippen LogP contribution >= 0.6 is 11.6 Å². The molecule has 0 bridgehead atoms. The van der Waals surface area contributed by atoms with Crippen molar-refractivity contribution in [2.45, 2.75) is 19.4 Å². The summed E-state index contributed by atoms with van der Waals surface area (Å²) in [6.45, 7) is 2.13. The van der Waals surface area contributed by atoms with Crippen molar-refractivity contribution in [3.8, 4) is 0 Å². The van der Waals surface area contributed by atoms with Crippen LogP contribution in [0.1, 0.15) is 18.4 Å². The number of pyridine rings is 1. The fourth-order valence-corrected chi connectivity index (χ4v) is 1.50. The van der Waals surface area contributed by atoms with Crippen LogP contribution in [0, 0.1) is 0 Å². The van der Waals surface area contributed by atoms with Crippen LogP contribution in [0.2, 0.25) is 5.15 Å². The summed E-state index contributed by atoms with van der Waals surface area (Å²) in [5, 5.41) is 9.19. The molecule has 1 rings (SSSR count). The zero-order valence-corrected chi connectivity index (χ0v) is 9.74. The molecule has 0 amide bonds. The smallest absolute Gasteiger partial charge is 0.129 e. The van der Waals surface area contributed by atoms with Crippen LogP contribution in [0.25, 0.3) is 0 Å². The lowest BCUT2D eigenvalue weighted by Gasteiger charge is -2.15. The number of aliphatic hydroxyl groups is 1. The molecule has 0 radical (unpaired) electrons. The topological polar surface area (TPSA) is 36.4 Å². The molecule has 0 atom stereocenters. The summed E-state index contributed by atoms with van der Waals surface area (Å²) in [5.41, 5.74) is 1.16. The first-order chi connectivity index (χ1) is 7.22. The molecule has 1 heterocycles. The van der Waals surface area contributed by atoms with Gasteiger partial charge in [-0.2, -0.15) is 0 Å². The molecule has 0 aliphatic heterocycles. The molecule has 0 aromatic carbocycles. The molecule has 3 nitrogen and oxygen atoms in total. The van der Waals surface area contributed by atoms with Crippen LogP contribution in [0.3, 0.4) is 0 Å². The number of nitrogens with zero attached hydrogens (tertiary/aromatic N) is 2.